The number of carbonyl (C=O) groups is 1. The molecule has 0 aromatic rings. The van der Waals surface area contributed by atoms with E-state index in [1.807, 2.05) is 12.2 Å². The van der Waals surface area contributed by atoms with Crippen molar-refractivity contribution in [3.8, 4) is 0 Å². The molecule has 1 rings (SSSR count). The van der Waals surface area contributed by atoms with E-state index in [-0.39, 0.29) is 12.1 Å². The van der Waals surface area contributed by atoms with E-state index >= 15 is 0 Å². The first-order valence-electron chi connectivity index (χ1n) is 4.38. The Bertz CT molecular complexity index is 300. The molecule has 0 spiro atoms. The SMILES string of the molecule is C=C=CN1C(=O)OC[C@@H]1C/C=C/C=C. The van der Waals surface area contributed by atoms with Gasteiger partial charge in [0.1, 0.15) is 6.61 Å². The van der Waals surface area contributed by atoms with E-state index < -0.39 is 0 Å². The molecule has 0 bridgehead atoms. The molecule has 1 aliphatic rings. The number of rotatable bonds is 4. The molecule has 0 saturated carbocycles. The lowest BCUT2D eigenvalue weighted by Gasteiger charge is -2.13. The van der Waals surface area contributed by atoms with Crippen molar-refractivity contribution >= 4 is 6.09 Å². The molecule has 1 aliphatic heterocycles. The number of allylic oxidation sites excluding steroid dienone is 2. The van der Waals surface area contributed by atoms with Crippen molar-refractivity contribution in [1.29, 1.82) is 0 Å². The first kappa shape index (κ1) is 10.4. The summed E-state index contributed by atoms with van der Waals surface area (Å²) in [4.78, 5) is 12.7. The Balaban J connectivity index is 2.59. The summed E-state index contributed by atoms with van der Waals surface area (Å²) >= 11 is 0. The molecule has 14 heavy (non-hydrogen) atoms. The van der Waals surface area contributed by atoms with Crippen molar-refractivity contribution in [1.82, 2.24) is 4.90 Å². The van der Waals surface area contributed by atoms with Crippen LogP contribution in [-0.4, -0.2) is 23.6 Å². The van der Waals surface area contributed by atoms with E-state index in [2.05, 4.69) is 18.9 Å². The Hall–Kier alpha value is -1.73. The molecule has 1 heterocycles. The Labute approximate surface area is 83.7 Å². The van der Waals surface area contributed by atoms with Gasteiger partial charge >= 0.3 is 6.09 Å². The van der Waals surface area contributed by atoms with Crippen LogP contribution in [0.2, 0.25) is 0 Å². The first-order chi connectivity index (χ1) is 6.79. The van der Waals surface area contributed by atoms with Gasteiger partial charge in [-0.1, -0.05) is 31.4 Å². The van der Waals surface area contributed by atoms with Crippen molar-refractivity contribution in [2.24, 2.45) is 0 Å². The second kappa shape index (κ2) is 5.10. The van der Waals surface area contributed by atoms with Gasteiger partial charge in [0.15, 0.2) is 0 Å². The zero-order valence-electron chi connectivity index (χ0n) is 7.98. The quantitative estimate of drug-likeness (QED) is 0.503. The van der Waals surface area contributed by atoms with Crippen LogP contribution < -0.4 is 0 Å². The van der Waals surface area contributed by atoms with Crippen molar-refractivity contribution < 1.29 is 9.53 Å². The summed E-state index contributed by atoms with van der Waals surface area (Å²) in [7, 11) is 0. The average Bonchev–Trinajstić information content (AvgIpc) is 2.51. The summed E-state index contributed by atoms with van der Waals surface area (Å²) in [5.74, 6) is 0. The fraction of sp³-hybridized carbons (Fsp3) is 0.273. The zero-order valence-corrected chi connectivity index (χ0v) is 7.98. The van der Waals surface area contributed by atoms with Crippen LogP contribution in [-0.2, 0) is 4.74 Å². The molecule has 1 amide bonds. The maximum absolute atomic E-state index is 11.2. The molecule has 0 unspecified atom stereocenters. The van der Waals surface area contributed by atoms with Gasteiger partial charge in [0, 0.05) is 0 Å². The maximum atomic E-state index is 11.2. The van der Waals surface area contributed by atoms with Gasteiger partial charge in [0.05, 0.1) is 12.2 Å². The van der Waals surface area contributed by atoms with E-state index in [1.54, 1.807) is 6.08 Å². The van der Waals surface area contributed by atoms with Crippen LogP contribution in [0.1, 0.15) is 6.42 Å². The fourth-order valence-corrected chi connectivity index (χ4v) is 1.24. The Morgan fingerprint density at radius 1 is 1.71 bits per heavy atom. The van der Waals surface area contributed by atoms with Crippen LogP contribution in [0, 0.1) is 0 Å². The molecule has 3 heteroatoms. The molecule has 1 atom stereocenters. The summed E-state index contributed by atoms with van der Waals surface area (Å²) in [5.41, 5.74) is 2.57. The number of nitrogens with zero attached hydrogens (tertiary/aromatic N) is 1. The molecule has 0 aliphatic carbocycles. The Kier molecular flexibility index (Phi) is 3.77. The average molecular weight is 191 g/mol. The monoisotopic (exact) mass is 191 g/mol. The smallest absolute Gasteiger partial charge is 0.414 e. The number of hydrogen-bond acceptors (Lipinski definition) is 2. The highest BCUT2D eigenvalue weighted by Crippen LogP contribution is 2.15. The largest absolute Gasteiger partial charge is 0.447 e. The number of hydrogen-bond donors (Lipinski definition) is 0. The highest BCUT2D eigenvalue weighted by atomic mass is 16.6. The lowest BCUT2D eigenvalue weighted by Crippen LogP contribution is -2.27. The van der Waals surface area contributed by atoms with Crippen LogP contribution >= 0.6 is 0 Å². The summed E-state index contributed by atoms with van der Waals surface area (Å²) in [6.07, 6.45) is 7.42. The van der Waals surface area contributed by atoms with E-state index in [9.17, 15) is 4.79 Å². The van der Waals surface area contributed by atoms with E-state index in [0.29, 0.717) is 6.61 Å². The van der Waals surface area contributed by atoms with Gasteiger partial charge in [0.2, 0.25) is 0 Å². The summed E-state index contributed by atoms with van der Waals surface area (Å²) < 4.78 is 4.89. The molecule has 1 saturated heterocycles. The van der Waals surface area contributed by atoms with Gasteiger partial charge in [-0.3, -0.25) is 4.90 Å². The van der Waals surface area contributed by atoms with E-state index in [1.165, 1.54) is 11.1 Å². The highest BCUT2D eigenvalue weighted by Gasteiger charge is 2.30. The molecule has 1 fully saturated rings. The second-order valence-electron chi connectivity index (χ2n) is 2.87. The molecule has 74 valence electrons. The van der Waals surface area contributed by atoms with Crippen molar-refractivity contribution in [3.63, 3.8) is 0 Å². The van der Waals surface area contributed by atoms with Gasteiger partial charge in [-0.2, -0.15) is 0 Å². The van der Waals surface area contributed by atoms with Crippen molar-refractivity contribution in [3.05, 3.63) is 43.3 Å². The predicted octanol–water partition coefficient (Wildman–Crippen LogP) is 2.24. The molecular weight excluding hydrogens is 178 g/mol. The third-order valence-corrected chi connectivity index (χ3v) is 1.91. The number of cyclic esters (lactones) is 1. The van der Waals surface area contributed by atoms with Crippen LogP contribution in [0.3, 0.4) is 0 Å². The van der Waals surface area contributed by atoms with Gasteiger partial charge in [-0.25, -0.2) is 4.79 Å². The standard InChI is InChI=1S/C11H13NO2/c1-3-5-6-7-10-9-14-11(13)12(10)8-4-2/h3,5-6,8,10H,1-2,7,9H2/b6-5+/t10-/m0/s1. The lowest BCUT2D eigenvalue weighted by atomic mass is 10.2. The predicted molar refractivity (Wildman–Crippen MR) is 54.6 cm³/mol. The van der Waals surface area contributed by atoms with Crippen molar-refractivity contribution in [2.75, 3.05) is 6.61 Å². The lowest BCUT2D eigenvalue weighted by molar-refractivity contribution is 0.166. The third kappa shape index (κ3) is 2.38. The highest BCUT2D eigenvalue weighted by molar-refractivity contribution is 5.71. The molecular formula is C11H13NO2. The summed E-state index contributed by atoms with van der Waals surface area (Å²) in [6.45, 7) is 7.41. The Morgan fingerprint density at radius 2 is 2.50 bits per heavy atom. The van der Waals surface area contributed by atoms with Gasteiger partial charge in [0.25, 0.3) is 0 Å². The van der Waals surface area contributed by atoms with Crippen LogP contribution in [0.4, 0.5) is 4.79 Å². The van der Waals surface area contributed by atoms with E-state index in [0.717, 1.165) is 6.42 Å². The minimum absolute atomic E-state index is 0.0490. The molecule has 0 radical (unpaired) electrons. The summed E-state index contributed by atoms with van der Waals surface area (Å²) in [5, 5.41) is 0. The van der Waals surface area contributed by atoms with Gasteiger partial charge in [-0.15, -0.1) is 5.73 Å². The molecule has 0 aromatic heterocycles. The van der Waals surface area contributed by atoms with Crippen molar-refractivity contribution in [2.45, 2.75) is 12.5 Å². The Morgan fingerprint density at radius 3 is 3.14 bits per heavy atom. The minimum atomic E-state index is -0.335. The maximum Gasteiger partial charge on any atom is 0.414 e. The van der Waals surface area contributed by atoms with E-state index in [4.69, 9.17) is 4.74 Å². The second-order valence-corrected chi connectivity index (χ2v) is 2.87. The fourth-order valence-electron chi connectivity index (χ4n) is 1.24. The number of amides is 1. The van der Waals surface area contributed by atoms with Crippen LogP contribution in [0.15, 0.2) is 43.3 Å². The van der Waals surface area contributed by atoms with Crippen LogP contribution in [0.5, 0.6) is 0 Å². The first-order valence-corrected chi connectivity index (χ1v) is 4.38. The number of carbonyl (C=O) groups excluding carboxylic acids is 1. The normalized spacial score (nSPS) is 20.7. The molecule has 3 nitrogen and oxygen atoms in total. The van der Waals surface area contributed by atoms with Gasteiger partial charge < -0.3 is 4.74 Å². The van der Waals surface area contributed by atoms with Crippen LogP contribution in [0.25, 0.3) is 0 Å². The molecule has 0 N–H and O–H groups in total. The topological polar surface area (TPSA) is 29.5 Å². The number of ether oxygens (including phenoxy) is 1. The minimum Gasteiger partial charge on any atom is -0.447 e. The van der Waals surface area contributed by atoms with Gasteiger partial charge in [-0.05, 0) is 6.42 Å². The summed E-state index contributed by atoms with van der Waals surface area (Å²) in [6, 6.07) is 0.0490. The third-order valence-electron chi connectivity index (χ3n) is 1.91. The zero-order chi connectivity index (χ0) is 10.4. The molecule has 0 aromatic carbocycles.